The van der Waals surface area contributed by atoms with Gasteiger partial charge in [-0.15, -0.1) is 0 Å². The maximum Gasteiger partial charge on any atom is 0.264 e. The van der Waals surface area contributed by atoms with E-state index in [9.17, 15) is 18.0 Å². The number of sulfonamides is 1. The van der Waals surface area contributed by atoms with Gasteiger partial charge in [0.15, 0.2) is 0 Å². The summed E-state index contributed by atoms with van der Waals surface area (Å²) in [5, 5.41) is 2.91. The standard InChI is InChI=1S/C32H41N3O5S/c1-6-21-33-32(37)30(7-2)34(22-26-12-10-9-11-25(26)5)31(36)23-35(27-15-13-24(4)14-16-27)41(38,39)29-19-17-28(18-20-29)40-8-3/h9-20,30H,6-8,21-23H2,1-5H3,(H,33,37). The molecule has 1 unspecified atom stereocenters. The fraction of sp³-hybridized carbons (Fsp3) is 0.375. The summed E-state index contributed by atoms with van der Waals surface area (Å²) < 4.78 is 34.6. The lowest BCUT2D eigenvalue weighted by Gasteiger charge is -2.33. The highest BCUT2D eigenvalue weighted by atomic mass is 32.2. The van der Waals surface area contributed by atoms with Crippen LogP contribution in [0.4, 0.5) is 5.69 Å². The van der Waals surface area contributed by atoms with Crippen LogP contribution >= 0.6 is 0 Å². The Kier molecular flexibility index (Phi) is 11.3. The minimum atomic E-state index is -4.15. The van der Waals surface area contributed by atoms with Crippen molar-refractivity contribution in [2.24, 2.45) is 0 Å². The Hall–Kier alpha value is -3.85. The van der Waals surface area contributed by atoms with Gasteiger partial charge in [-0.3, -0.25) is 13.9 Å². The number of carbonyl (C=O) groups is 2. The van der Waals surface area contributed by atoms with Gasteiger partial charge in [0.25, 0.3) is 10.0 Å². The number of nitrogens with one attached hydrogen (secondary N) is 1. The smallest absolute Gasteiger partial charge is 0.264 e. The Balaban J connectivity index is 2.05. The van der Waals surface area contributed by atoms with Crippen molar-refractivity contribution in [3.63, 3.8) is 0 Å². The van der Waals surface area contributed by atoms with Crippen molar-refractivity contribution in [2.45, 2.75) is 64.9 Å². The zero-order chi connectivity index (χ0) is 30.0. The van der Waals surface area contributed by atoms with Crippen LogP contribution in [0.25, 0.3) is 0 Å². The van der Waals surface area contributed by atoms with Gasteiger partial charge in [-0.1, -0.05) is 55.8 Å². The average molecular weight is 580 g/mol. The Morgan fingerprint density at radius 3 is 2.15 bits per heavy atom. The summed E-state index contributed by atoms with van der Waals surface area (Å²) >= 11 is 0. The van der Waals surface area contributed by atoms with Gasteiger partial charge in [-0.25, -0.2) is 8.42 Å². The molecule has 3 rings (SSSR count). The molecule has 0 radical (unpaired) electrons. The van der Waals surface area contributed by atoms with Gasteiger partial charge in [-0.2, -0.15) is 0 Å². The number of benzene rings is 3. The number of carbonyl (C=O) groups excluding carboxylic acids is 2. The summed E-state index contributed by atoms with van der Waals surface area (Å²) in [4.78, 5) is 28.9. The van der Waals surface area contributed by atoms with Crippen molar-refractivity contribution in [3.8, 4) is 5.75 Å². The maximum atomic E-state index is 14.1. The molecule has 0 aromatic heterocycles. The Morgan fingerprint density at radius 1 is 0.902 bits per heavy atom. The Morgan fingerprint density at radius 2 is 1.56 bits per heavy atom. The van der Waals surface area contributed by atoms with Crippen molar-refractivity contribution >= 4 is 27.5 Å². The first-order valence-electron chi connectivity index (χ1n) is 14.1. The van der Waals surface area contributed by atoms with E-state index in [0.29, 0.717) is 31.0 Å². The molecule has 8 nitrogen and oxygen atoms in total. The van der Waals surface area contributed by atoms with Gasteiger partial charge >= 0.3 is 0 Å². The van der Waals surface area contributed by atoms with Crippen LogP contribution in [0, 0.1) is 13.8 Å². The fourth-order valence-electron chi connectivity index (χ4n) is 4.50. The van der Waals surface area contributed by atoms with Crippen LogP contribution in [0.1, 0.15) is 50.3 Å². The lowest BCUT2D eigenvalue weighted by Crippen LogP contribution is -2.52. The van der Waals surface area contributed by atoms with Gasteiger partial charge in [0.2, 0.25) is 11.8 Å². The molecule has 0 saturated carbocycles. The zero-order valence-corrected chi connectivity index (χ0v) is 25.4. The molecule has 0 bridgehead atoms. The lowest BCUT2D eigenvalue weighted by molar-refractivity contribution is -0.140. The van der Waals surface area contributed by atoms with Crippen LogP contribution in [-0.4, -0.2) is 50.9 Å². The van der Waals surface area contributed by atoms with E-state index in [1.165, 1.54) is 17.0 Å². The molecular formula is C32H41N3O5S. The van der Waals surface area contributed by atoms with Crippen LogP contribution in [-0.2, 0) is 26.2 Å². The van der Waals surface area contributed by atoms with Crippen molar-refractivity contribution in [1.82, 2.24) is 10.2 Å². The maximum absolute atomic E-state index is 14.1. The summed E-state index contributed by atoms with van der Waals surface area (Å²) in [7, 11) is -4.15. The topological polar surface area (TPSA) is 96.0 Å². The van der Waals surface area contributed by atoms with Crippen molar-refractivity contribution < 1.29 is 22.7 Å². The van der Waals surface area contributed by atoms with Gasteiger partial charge in [0.05, 0.1) is 17.2 Å². The number of ether oxygens (including phenoxy) is 1. The number of hydrogen-bond donors (Lipinski definition) is 1. The second-order valence-corrected chi connectivity index (χ2v) is 11.8. The summed E-state index contributed by atoms with van der Waals surface area (Å²) in [6.45, 7) is 10.2. The molecule has 0 aliphatic rings. The molecule has 0 aliphatic heterocycles. The first-order valence-corrected chi connectivity index (χ1v) is 15.5. The molecule has 1 N–H and O–H groups in total. The third-order valence-corrected chi connectivity index (χ3v) is 8.65. The van der Waals surface area contributed by atoms with Crippen LogP contribution < -0.4 is 14.4 Å². The Bertz CT molecular complexity index is 1410. The van der Waals surface area contributed by atoms with E-state index in [-0.39, 0.29) is 17.3 Å². The summed E-state index contributed by atoms with van der Waals surface area (Å²) in [6, 6.07) is 20.0. The third-order valence-electron chi connectivity index (χ3n) is 6.86. The predicted molar refractivity (Wildman–Crippen MR) is 162 cm³/mol. The molecule has 0 heterocycles. The highest BCUT2D eigenvalue weighted by Crippen LogP contribution is 2.27. The highest BCUT2D eigenvalue weighted by molar-refractivity contribution is 7.92. The number of amides is 2. The number of rotatable bonds is 14. The normalized spacial score (nSPS) is 11.9. The molecule has 9 heteroatoms. The fourth-order valence-corrected chi connectivity index (χ4v) is 5.91. The molecule has 3 aromatic carbocycles. The first kappa shape index (κ1) is 31.7. The molecule has 0 saturated heterocycles. The minimum Gasteiger partial charge on any atom is -0.494 e. The molecule has 41 heavy (non-hydrogen) atoms. The highest BCUT2D eigenvalue weighted by Gasteiger charge is 2.33. The molecule has 1 atom stereocenters. The SMILES string of the molecule is CCCNC(=O)C(CC)N(Cc1ccccc1C)C(=O)CN(c1ccc(C)cc1)S(=O)(=O)c1ccc(OCC)cc1. The minimum absolute atomic E-state index is 0.0347. The molecular weight excluding hydrogens is 538 g/mol. The average Bonchev–Trinajstić information content (AvgIpc) is 2.96. The zero-order valence-electron chi connectivity index (χ0n) is 24.6. The van der Waals surface area contributed by atoms with Crippen LogP contribution in [0.3, 0.4) is 0 Å². The van der Waals surface area contributed by atoms with E-state index in [1.54, 1.807) is 36.4 Å². The van der Waals surface area contributed by atoms with E-state index in [2.05, 4.69) is 5.32 Å². The number of hydrogen-bond acceptors (Lipinski definition) is 5. The molecule has 2 amide bonds. The molecule has 0 aliphatic carbocycles. The third kappa shape index (κ3) is 8.10. The molecule has 0 spiro atoms. The van der Waals surface area contributed by atoms with Crippen LogP contribution in [0.5, 0.6) is 5.75 Å². The van der Waals surface area contributed by atoms with Crippen LogP contribution in [0.2, 0.25) is 0 Å². The van der Waals surface area contributed by atoms with Crippen molar-refractivity contribution in [1.29, 1.82) is 0 Å². The quantitative estimate of drug-likeness (QED) is 0.282. The van der Waals surface area contributed by atoms with Gasteiger partial charge in [-0.05, 0) is 81.1 Å². The van der Waals surface area contributed by atoms with E-state index in [4.69, 9.17) is 4.74 Å². The van der Waals surface area contributed by atoms with E-state index < -0.39 is 28.5 Å². The summed E-state index contributed by atoms with van der Waals surface area (Å²) in [6.07, 6.45) is 1.14. The van der Waals surface area contributed by atoms with Crippen molar-refractivity contribution in [2.75, 3.05) is 24.0 Å². The monoisotopic (exact) mass is 579 g/mol. The first-order chi connectivity index (χ1) is 19.6. The largest absolute Gasteiger partial charge is 0.494 e. The summed E-state index contributed by atoms with van der Waals surface area (Å²) in [5.74, 6) is -0.174. The summed E-state index contributed by atoms with van der Waals surface area (Å²) in [5.41, 5.74) is 3.18. The van der Waals surface area contributed by atoms with Crippen LogP contribution in [0.15, 0.2) is 77.7 Å². The number of aryl methyl sites for hydroxylation is 2. The molecule has 3 aromatic rings. The van der Waals surface area contributed by atoms with Gasteiger partial charge in [0, 0.05) is 13.1 Å². The second-order valence-electron chi connectivity index (χ2n) is 9.91. The van der Waals surface area contributed by atoms with E-state index in [0.717, 1.165) is 27.4 Å². The van der Waals surface area contributed by atoms with Gasteiger partial charge < -0.3 is 15.0 Å². The lowest BCUT2D eigenvalue weighted by atomic mass is 10.1. The number of nitrogens with zero attached hydrogens (tertiary/aromatic N) is 2. The predicted octanol–water partition coefficient (Wildman–Crippen LogP) is 5.23. The van der Waals surface area contributed by atoms with Crippen molar-refractivity contribution in [3.05, 3.63) is 89.5 Å². The second kappa shape index (κ2) is 14.7. The Labute approximate surface area is 244 Å². The molecule has 0 fully saturated rings. The van der Waals surface area contributed by atoms with Gasteiger partial charge in [0.1, 0.15) is 18.3 Å². The van der Waals surface area contributed by atoms with E-state index in [1.807, 2.05) is 58.9 Å². The molecule has 220 valence electrons. The van der Waals surface area contributed by atoms with E-state index >= 15 is 0 Å². The number of anilines is 1.